The van der Waals surface area contributed by atoms with E-state index < -0.39 is 43.0 Å². The molecule has 1 unspecified atom stereocenters. The van der Waals surface area contributed by atoms with Crippen LogP contribution >= 0.6 is 0 Å². The third kappa shape index (κ3) is 4.66. The second-order valence-corrected chi connectivity index (χ2v) is 7.08. The molecule has 7 nitrogen and oxygen atoms in total. The summed E-state index contributed by atoms with van der Waals surface area (Å²) in [5.74, 6) is -0.484. The largest absolute Gasteiger partial charge is 0.457 e. The maximum atomic E-state index is 11.8. The van der Waals surface area contributed by atoms with Crippen LogP contribution in [0, 0.1) is 0 Å². The van der Waals surface area contributed by atoms with Crippen LogP contribution in [0.2, 0.25) is 0 Å². The minimum Gasteiger partial charge on any atom is -0.457 e. The Morgan fingerprint density at radius 2 is 1.72 bits per heavy atom. The third-order valence-corrected chi connectivity index (χ3v) is 4.96. The van der Waals surface area contributed by atoms with Gasteiger partial charge in [0.1, 0.15) is 18.3 Å². The standard InChI is InChI=1S/C22H24O7/c1-14(23)27-19-18-17(13-26-22(29-18)16-10-6-3-7-11-16)28-21(24)20(19)25-12-15-8-4-2-5-9-15/h2-11,17-22,24H,12-13H2,1H3/t17-,18-,19+,20-,21+,22?/m1/s1. The molecule has 2 aliphatic rings. The zero-order valence-electron chi connectivity index (χ0n) is 16.0. The Balaban J connectivity index is 1.53. The van der Waals surface area contributed by atoms with E-state index in [0.717, 1.165) is 11.1 Å². The lowest BCUT2D eigenvalue weighted by molar-refractivity contribution is -0.360. The Kier molecular flexibility index (Phi) is 6.22. The highest BCUT2D eigenvalue weighted by Crippen LogP contribution is 2.36. The van der Waals surface area contributed by atoms with Crippen molar-refractivity contribution in [1.29, 1.82) is 0 Å². The number of fused-ring (bicyclic) bond motifs is 1. The van der Waals surface area contributed by atoms with Gasteiger partial charge in [-0.3, -0.25) is 4.79 Å². The molecule has 29 heavy (non-hydrogen) atoms. The van der Waals surface area contributed by atoms with E-state index in [1.807, 2.05) is 60.7 Å². The average Bonchev–Trinajstić information content (AvgIpc) is 2.74. The summed E-state index contributed by atoms with van der Waals surface area (Å²) in [4.78, 5) is 11.8. The van der Waals surface area contributed by atoms with Gasteiger partial charge in [0.15, 0.2) is 18.7 Å². The Morgan fingerprint density at radius 1 is 1.03 bits per heavy atom. The number of benzene rings is 2. The van der Waals surface area contributed by atoms with Crippen molar-refractivity contribution in [3.8, 4) is 0 Å². The molecule has 2 fully saturated rings. The second kappa shape index (κ2) is 9.02. The van der Waals surface area contributed by atoms with Crippen LogP contribution in [-0.2, 0) is 35.1 Å². The fraction of sp³-hybridized carbons (Fsp3) is 0.409. The molecule has 2 aromatic carbocycles. The molecule has 2 heterocycles. The van der Waals surface area contributed by atoms with Crippen LogP contribution in [0.15, 0.2) is 60.7 Å². The van der Waals surface area contributed by atoms with Gasteiger partial charge in [-0.1, -0.05) is 60.7 Å². The van der Waals surface area contributed by atoms with Crippen LogP contribution in [0.3, 0.4) is 0 Å². The summed E-state index contributed by atoms with van der Waals surface area (Å²) in [7, 11) is 0. The van der Waals surface area contributed by atoms with Gasteiger partial charge >= 0.3 is 5.97 Å². The Bertz CT molecular complexity index is 797. The van der Waals surface area contributed by atoms with E-state index in [4.69, 9.17) is 23.7 Å². The molecular weight excluding hydrogens is 376 g/mol. The van der Waals surface area contributed by atoms with Crippen LogP contribution < -0.4 is 0 Å². The van der Waals surface area contributed by atoms with E-state index >= 15 is 0 Å². The van der Waals surface area contributed by atoms with Gasteiger partial charge in [-0.05, 0) is 5.56 Å². The third-order valence-electron chi connectivity index (χ3n) is 4.96. The van der Waals surface area contributed by atoms with Gasteiger partial charge < -0.3 is 28.8 Å². The van der Waals surface area contributed by atoms with E-state index in [9.17, 15) is 9.90 Å². The van der Waals surface area contributed by atoms with Crippen molar-refractivity contribution in [1.82, 2.24) is 0 Å². The highest BCUT2D eigenvalue weighted by Gasteiger charge is 2.52. The average molecular weight is 400 g/mol. The number of ether oxygens (including phenoxy) is 5. The van der Waals surface area contributed by atoms with Crippen LogP contribution in [0.4, 0.5) is 0 Å². The summed E-state index contributed by atoms with van der Waals surface area (Å²) in [5.41, 5.74) is 1.78. The minimum absolute atomic E-state index is 0.199. The number of hydrogen-bond acceptors (Lipinski definition) is 7. The maximum absolute atomic E-state index is 11.8. The molecule has 2 aliphatic heterocycles. The molecular formula is C22H24O7. The first kappa shape index (κ1) is 20.0. The smallest absolute Gasteiger partial charge is 0.303 e. The van der Waals surface area contributed by atoms with Crippen molar-refractivity contribution < 1.29 is 33.6 Å². The molecule has 0 radical (unpaired) electrons. The van der Waals surface area contributed by atoms with Gasteiger partial charge in [-0.25, -0.2) is 0 Å². The van der Waals surface area contributed by atoms with Crippen LogP contribution in [0.1, 0.15) is 24.3 Å². The molecule has 2 saturated heterocycles. The van der Waals surface area contributed by atoms with E-state index in [0.29, 0.717) is 0 Å². The summed E-state index contributed by atoms with van der Waals surface area (Å²) in [6.45, 7) is 1.75. The van der Waals surface area contributed by atoms with Gasteiger partial charge in [-0.15, -0.1) is 0 Å². The number of aliphatic hydroxyl groups excluding tert-OH is 1. The molecule has 154 valence electrons. The lowest BCUT2D eigenvalue weighted by atomic mass is 9.97. The van der Waals surface area contributed by atoms with E-state index in [1.165, 1.54) is 6.92 Å². The summed E-state index contributed by atoms with van der Waals surface area (Å²) in [6.07, 6.45) is -4.84. The Hall–Kier alpha value is -2.29. The first-order valence-corrected chi connectivity index (χ1v) is 9.60. The highest BCUT2D eigenvalue weighted by molar-refractivity contribution is 5.66. The molecule has 2 aromatic rings. The summed E-state index contributed by atoms with van der Waals surface area (Å²) in [5, 5.41) is 10.5. The predicted molar refractivity (Wildman–Crippen MR) is 101 cm³/mol. The summed E-state index contributed by atoms with van der Waals surface area (Å²) < 4.78 is 29.0. The predicted octanol–water partition coefficient (Wildman–Crippen LogP) is 2.33. The van der Waals surface area contributed by atoms with Crippen LogP contribution in [0.25, 0.3) is 0 Å². The summed E-state index contributed by atoms with van der Waals surface area (Å²) >= 11 is 0. The molecule has 1 N–H and O–H groups in total. The monoisotopic (exact) mass is 400 g/mol. The maximum Gasteiger partial charge on any atom is 0.303 e. The number of carbonyl (C=O) groups is 1. The number of hydrogen-bond donors (Lipinski definition) is 1. The van der Waals surface area contributed by atoms with Gasteiger partial charge in [-0.2, -0.15) is 0 Å². The number of aliphatic hydroxyl groups is 1. The van der Waals surface area contributed by atoms with E-state index in [-0.39, 0.29) is 13.2 Å². The highest BCUT2D eigenvalue weighted by atomic mass is 16.7. The number of rotatable bonds is 5. The fourth-order valence-electron chi connectivity index (χ4n) is 3.61. The van der Waals surface area contributed by atoms with Crippen molar-refractivity contribution in [3.63, 3.8) is 0 Å². The normalized spacial score (nSPS) is 31.7. The number of carbonyl (C=O) groups excluding carboxylic acids is 1. The Labute approximate surface area is 169 Å². The van der Waals surface area contributed by atoms with E-state index in [2.05, 4.69) is 0 Å². The molecule has 0 bridgehead atoms. The zero-order valence-corrected chi connectivity index (χ0v) is 16.0. The minimum atomic E-state index is -1.27. The lowest BCUT2D eigenvalue weighted by Crippen LogP contribution is -2.63. The number of esters is 1. The Morgan fingerprint density at radius 3 is 2.41 bits per heavy atom. The molecule has 7 heteroatoms. The molecule has 0 spiro atoms. The van der Waals surface area contributed by atoms with Crippen molar-refractivity contribution in [3.05, 3.63) is 71.8 Å². The summed E-state index contributed by atoms with van der Waals surface area (Å²) in [6, 6.07) is 19.0. The van der Waals surface area contributed by atoms with Crippen molar-refractivity contribution in [2.24, 2.45) is 0 Å². The van der Waals surface area contributed by atoms with Gasteiger partial charge in [0, 0.05) is 12.5 Å². The second-order valence-electron chi connectivity index (χ2n) is 7.08. The SMILES string of the molecule is CC(=O)O[C@@H]1[C@@H](OCc2ccccc2)[C@@H](O)O[C@@H]2COC(c3ccccc3)O[C@@H]12. The molecule has 0 saturated carbocycles. The van der Waals surface area contributed by atoms with E-state index in [1.54, 1.807) is 0 Å². The van der Waals surface area contributed by atoms with Gasteiger partial charge in [0.2, 0.25) is 0 Å². The van der Waals surface area contributed by atoms with Gasteiger partial charge in [0.25, 0.3) is 0 Å². The quantitative estimate of drug-likeness (QED) is 0.772. The lowest BCUT2D eigenvalue weighted by Gasteiger charge is -2.47. The first-order valence-electron chi connectivity index (χ1n) is 9.60. The van der Waals surface area contributed by atoms with Gasteiger partial charge in [0.05, 0.1) is 13.2 Å². The van der Waals surface area contributed by atoms with Crippen molar-refractivity contribution in [2.75, 3.05) is 6.61 Å². The molecule has 6 atom stereocenters. The molecule has 0 aliphatic carbocycles. The zero-order chi connectivity index (χ0) is 20.2. The van der Waals surface area contributed by atoms with Crippen molar-refractivity contribution >= 4 is 5.97 Å². The fourth-order valence-corrected chi connectivity index (χ4v) is 3.61. The van der Waals surface area contributed by atoms with Crippen LogP contribution in [0.5, 0.6) is 0 Å². The first-order chi connectivity index (χ1) is 14.1. The topological polar surface area (TPSA) is 83.5 Å². The molecule has 0 aromatic heterocycles. The molecule has 0 amide bonds. The van der Waals surface area contributed by atoms with Crippen LogP contribution in [-0.4, -0.2) is 48.4 Å². The van der Waals surface area contributed by atoms with Crippen molar-refractivity contribution in [2.45, 2.75) is 50.5 Å². The molecule has 4 rings (SSSR count).